The maximum Gasteiger partial charge on any atom is 0.348 e. The first-order valence-electron chi connectivity index (χ1n) is 14.4. The summed E-state index contributed by atoms with van der Waals surface area (Å²) in [7, 11) is 0. The normalized spacial score (nSPS) is 42.3. The number of urea groups is 1. The number of rotatable bonds is 4. The second-order valence-electron chi connectivity index (χ2n) is 13.1. The molecule has 2 amide bonds. The number of Topliss-reactive ketones (excluding diaryl/α,β-unsaturated/α-hetero) is 1. The summed E-state index contributed by atoms with van der Waals surface area (Å²) in [6, 6.07) is -0.363. The summed E-state index contributed by atoms with van der Waals surface area (Å²) in [5.41, 5.74) is 0.0721. The Kier molecular flexibility index (Phi) is 7.02. The van der Waals surface area contributed by atoms with Crippen LogP contribution < -0.4 is 11.7 Å². The molecular formula is C28H48N4O2. The molecule has 6 heteroatoms. The van der Waals surface area contributed by atoms with E-state index in [0.717, 1.165) is 73.1 Å². The Morgan fingerprint density at radius 3 is 2.35 bits per heavy atom. The summed E-state index contributed by atoms with van der Waals surface area (Å²) < 4.78 is 0. The average molecular weight is 473 g/mol. The van der Waals surface area contributed by atoms with Gasteiger partial charge in [-0.25, -0.2) is 16.5 Å². The zero-order valence-electron chi connectivity index (χ0n) is 21.6. The van der Waals surface area contributed by atoms with Gasteiger partial charge in [0.05, 0.1) is 6.54 Å². The maximum atomic E-state index is 13.5. The van der Waals surface area contributed by atoms with Crippen molar-refractivity contribution in [3.8, 4) is 0 Å². The quantitative estimate of drug-likeness (QED) is 0.331. The van der Waals surface area contributed by atoms with Crippen LogP contribution in [0.5, 0.6) is 0 Å². The van der Waals surface area contributed by atoms with E-state index in [1.54, 1.807) is 0 Å². The fraction of sp³-hybridized carbons (Fsp3) is 0.929. The van der Waals surface area contributed by atoms with Crippen LogP contribution in [0.15, 0.2) is 0 Å². The van der Waals surface area contributed by atoms with E-state index >= 15 is 0 Å². The molecule has 34 heavy (non-hydrogen) atoms. The number of hydrogen-bond donors (Lipinski definition) is 2. The predicted octanol–water partition coefficient (Wildman–Crippen LogP) is 5.26. The van der Waals surface area contributed by atoms with Crippen molar-refractivity contribution >= 4 is 11.8 Å². The molecule has 5 rings (SSSR count). The van der Waals surface area contributed by atoms with Gasteiger partial charge in [-0.05, 0) is 105 Å². The molecule has 5 aliphatic rings. The van der Waals surface area contributed by atoms with Gasteiger partial charge in [0, 0.05) is 12.0 Å². The molecule has 0 radical (unpaired) electrons. The second kappa shape index (κ2) is 9.72. The van der Waals surface area contributed by atoms with Gasteiger partial charge in [0.15, 0.2) is 5.78 Å². The average Bonchev–Trinajstić information content (AvgIpc) is 3.20. The van der Waals surface area contributed by atoms with E-state index in [2.05, 4.69) is 13.8 Å². The lowest BCUT2D eigenvalue weighted by atomic mass is 9.49. The maximum absolute atomic E-state index is 13.5. The minimum Gasteiger partial charge on any atom is -0.297 e. The molecule has 4 N–H and O–H groups in total. The Hall–Kier alpha value is -1.14. The van der Waals surface area contributed by atoms with Crippen molar-refractivity contribution in [3.05, 3.63) is 0 Å². The number of hydrazine groups is 2. The predicted molar refractivity (Wildman–Crippen MR) is 134 cm³/mol. The third kappa shape index (κ3) is 4.31. The molecule has 192 valence electrons. The fourth-order valence-electron chi connectivity index (χ4n) is 9.63. The highest BCUT2D eigenvalue weighted by Gasteiger charge is 2.58. The van der Waals surface area contributed by atoms with E-state index < -0.39 is 6.03 Å². The van der Waals surface area contributed by atoms with Crippen LogP contribution in [0, 0.1) is 46.8 Å². The van der Waals surface area contributed by atoms with Crippen LogP contribution in [-0.4, -0.2) is 34.4 Å². The number of amides is 2. The highest BCUT2D eigenvalue weighted by molar-refractivity contribution is 5.87. The van der Waals surface area contributed by atoms with E-state index in [1.807, 2.05) is 0 Å². The van der Waals surface area contributed by atoms with E-state index in [4.69, 9.17) is 11.7 Å². The van der Waals surface area contributed by atoms with Crippen LogP contribution >= 0.6 is 0 Å². The monoisotopic (exact) mass is 472 g/mol. The first kappa shape index (κ1) is 24.5. The van der Waals surface area contributed by atoms with Crippen molar-refractivity contribution in [2.24, 2.45) is 58.5 Å². The third-order valence-electron chi connectivity index (χ3n) is 11.4. The van der Waals surface area contributed by atoms with E-state index in [9.17, 15) is 9.59 Å². The number of carbonyl (C=O) groups excluding carboxylic acids is 2. The molecule has 0 saturated heterocycles. The lowest BCUT2D eigenvalue weighted by Crippen LogP contribution is -2.56. The third-order valence-corrected chi connectivity index (χ3v) is 11.4. The van der Waals surface area contributed by atoms with Crippen molar-refractivity contribution in [1.82, 2.24) is 10.0 Å². The molecular weight excluding hydrogens is 424 g/mol. The van der Waals surface area contributed by atoms with Gasteiger partial charge < -0.3 is 0 Å². The zero-order valence-corrected chi connectivity index (χ0v) is 21.6. The van der Waals surface area contributed by atoms with Crippen LogP contribution in [-0.2, 0) is 4.79 Å². The number of ketones is 1. The Morgan fingerprint density at radius 1 is 0.853 bits per heavy atom. The first-order chi connectivity index (χ1) is 16.3. The Morgan fingerprint density at radius 2 is 1.59 bits per heavy atom. The minimum absolute atomic E-state index is 0.0110. The van der Waals surface area contributed by atoms with Gasteiger partial charge in [-0.15, -0.1) is 0 Å². The smallest absolute Gasteiger partial charge is 0.297 e. The highest BCUT2D eigenvalue weighted by Crippen LogP contribution is 2.64. The molecule has 6 nitrogen and oxygen atoms in total. The van der Waals surface area contributed by atoms with Gasteiger partial charge in [-0.1, -0.05) is 39.5 Å². The topological polar surface area (TPSA) is 92.7 Å². The summed E-state index contributed by atoms with van der Waals surface area (Å²) in [5, 5.41) is 2.38. The van der Waals surface area contributed by atoms with Crippen LogP contribution in [0.1, 0.15) is 104 Å². The number of carbonyl (C=O) groups is 2. The summed E-state index contributed by atoms with van der Waals surface area (Å²) in [6.07, 6.45) is 16.9. The number of fused-ring (bicyclic) bond motifs is 5. The molecule has 5 aliphatic carbocycles. The molecule has 0 spiro atoms. The highest BCUT2D eigenvalue weighted by atomic mass is 16.2. The van der Waals surface area contributed by atoms with E-state index in [1.165, 1.54) is 56.4 Å². The van der Waals surface area contributed by atoms with Crippen molar-refractivity contribution in [2.45, 2.75) is 110 Å². The molecule has 5 saturated carbocycles. The second-order valence-corrected chi connectivity index (χ2v) is 13.1. The largest absolute Gasteiger partial charge is 0.348 e. The zero-order chi connectivity index (χ0) is 24.0. The Balaban J connectivity index is 1.21. The molecule has 0 bridgehead atoms. The van der Waals surface area contributed by atoms with Gasteiger partial charge in [0.2, 0.25) is 0 Å². The molecule has 0 aromatic rings. The van der Waals surface area contributed by atoms with Crippen LogP contribution in [0.25, 0.3) is 0 Å². The summed E-state index contributed by atoms with van der Waals surface area (Å²) in [5.74, 6) is 17.6. The Labute approximate surface area is 206 Å². The van der Waals surface area contributed by atoms with Crippen LogP contribution in [0.3, 0.4) is 0 Å². The minimum atomic E-state index is -0.409. The number of nitrogens with zero attached hydrogens (tertiary/aromatic N) is 2. The number of hydrogen-bond acceptors (Lipinski definition) is 4. The van der Waals surface area contributed by atoms with Crippen LogP contribution in [0.4, 0.5) is 4.79 Å². The Bertz CT molecular complexity index is 768. The standard InChI is InChI=1S/C28H48N4O2/c1-18-8-10-21-19(16-18)9-11-23-22(21)14-15-28(2)24(23)12-13-25(28)26(33)17-31(29)27(34)32(30)20-6-4-3-5-7-20/h18-25H,3-17,29-30H2,1-2H3. The van der Waals surface area contributed by atoms with E-state index in [-0.39, 0.29) is 29.7 Å². The van der Waals surface area contributed by atoms with E-state index in [0.29, 0.717) is 5.92 Å². The van der Waals surface area contributed by atoms with Gasteiger partial charge >= 0.3 is 6.03 Å². The fourth-order valence-corrected chi connectivity index (χ4v) is 9.63. The lowest BCUT2D eigenvalue weighted by molar-refractivity contribution is -0.131. The van der Waals surface area contributed by atoms with Crippen molar-refractivity contribution in [3.63, 3.8) is 0 Å². The van der Waals surface area contributed by atoms with Gasteiger partial charge in [-0.2, -0.15) is 0 Å². The molecule has 0 aromatic carbocycles. The molecule has 8 unspecified atom stereocenters. The molecule has 5 fully saturated rings. The first-order valence-corrected chi connectivity index (χ1v) is 14.4. The van der Waals surface area contributed by atoms with Crippen molar-refractivity contribution in [1.29, 1.82) is 0 Å². The van der Waals surface area contributed by atoms with Crippen molar-refractivity contribution < 1.29 is 9.59 Å². The molecule has 0 heterocycles. The lowest BCUT2D eigenvalue weighted by Gasteiger charge is -2.56. The van der Waals surface area contributed by atoms with Gasteiger partial charge in [0.25, 0.3) is 0 Å². The molecule has 0 aromatic heterocycles. The van der Waals surface area contributed by atoms with Crippen molar-refractivity contribution in [2.75, 3.05) is 6.54 Å². The molecule has 0 aliphatic heterocycles. The number of nitrogens with two attached hydrogens (primary N) is 2. The SMILES string of the molecule is CC1CCC2C(CCC3C2CCC2(C)C(C(=O)CN(N)C(=O)N(N)C4CCCCC4)CCC32)C1. The molecule has 8 atom stereocenters. The summed E-state index contributed by atoms with van der Waals surface area (Å²) in [4.78, 5) is 26.4. The van der Waals surface area contributed by atoms with Crippen LogP contribution in [0.2, 0.25) is 0 Å². The van der Waals surface area contributed by atoms with Gasteiger partial charge in [-0.3, -0.25) is 14.8 Å². The summed E-state index contributed by atoms with van der Waals surface area (Å²) in [6.45, 7) is 4.82. The van der Waals surface area contributed by atoms with Gasteiger partial charge in [0.1, 0.15) is 0 Å². The summed E-state index contributed by atoms with van der Waals surface area (Å²) >= 11 is 0.